The van der Waals surface area contributed by atoms with Crippen molar-refractivity contribution in [2.75, 3.05) is 5.32 Å². The third-order valence-corrected chi connectivity index (χ3v) is 3.64. The van der Waals surface area contributed by atoms with Crippen LogP contribution in [0, 0.1) is 6.92 Å². The summed E-state index contributed by atoms with van der Waals surface area (Å²) in [6.45, 7) is 2.08. The summed E-state index contributed by atoms with van der Waals surface area (Å²) in [5.41, 5.74) is 1.56. The van der Waals surface area contributed by atoms with E-state index in [1.165, 1.54) is 10.9 Å². The topological polar surface area (TPSA) is 107 Å². The van der Waals surface area contributed by atoms with Crippen LogP contribution in [0.1, 0.15) is 32.4 Å². The Balaban J connectivity index is 1.73. The number of carbonyl (C=O) groups is 2. The molecule has 0 spiro atoms. The van der Waals surface area contributed by atoms with Gasteiger partial charge in [-0.2, -0.15) is 10.2 Å². The zero-order chi connectivity index (χ0) is 18.0. The van der Waals surface area contributed by atoms with E-state index in [0.717, 1.165) is 5.69 Å². The molecule has 2 N–H and O–H groups in total. The predicted octanol–water partition coefficient (Wildman–Crippen LogP) is 1.24. The van der Waals surface area contributed by atoms with E-state index in [0.29, 0.717) is 11.4 Å². The molecule has 0 fully saturated rings. The van der Waals surface area contributed by atoms with Crippen LogP contribution in [0.15, 0.2) is 35.1 Å². The molecule has 0 aromatic carbocycles. The Morgan fingerprint density at radius 1 is 1.24 bits per heavy atom. The van der Waals surface area contributed by atoms with E-state index in [4.69, 9.17) is 4.42 Å². The Morgan fingerprint density at radius 3 is 2.68 bits per heavy atom. The van der Waals surface area contributed by atoms with Gasteiger partial charge >= 0.3 is 0 Å². The maximum Gasteiger partial charge on any atom is 0.276 e. The lowest BCUT2D eigenvalue weighted by atomic mass is 10.3. The third-order valence-electron chi connectivity index (χ3n) is 3.64. The first-order valence-corrected chi connectivity index (χ1v) is 7.60. The van der Waals surface area contributed by atoms with Crippen molar-refractivity contribution in [3.05, 3.63) is 53.5 Å². The molecular weight excluding hydrogens is 324 g/mol. The number of rotatable bonds is 5. The summed E-state index contributed by atoms with van der Waals surface area (Å²) in [5, 5.41) is 13.6. The van der Waals surface area contributed by atoms with Crippen molar-refractivity contribution in [1.82, 2.24) is 24.9 Å². The Labute approximate surface area is 143 Å². The fourth-order valence-corrected chi connectivity index (χ4v) is 2.27. The molecule has 2 amide bonds. The number of aromatic nitrogens is 4. The number of nitrogens with one attached hydrogen (secondary N) is 2. The number of hydrogen-bond donors (Lipinski definition) is 2. The molecule has 0 unspecified atom stereocenters. The highest BCUT2D eigenvalue weighted by Gasteiger charge is 2.20. The van der Waals surface area contributed by atoms with Gasteiger partial charge in [0.1, 0.15) is 5.76 Å². The summed E-state index contributed by atoms with van der Waals surface area (Å²) in [5.74, 6) is -0.194. The van der Waals surface area contributed by atoms with Gasteiger partial charge in [0.05, 0.1) is 18.5 Å². The summed E-state index contributed by atoms with van der Waals surface area (Å²) in [6, 6.07) is 5.16. The van der Waals surface area contributed by atoms with E-state index in [2.05, 4.69) is 20.8 Å². The molecule has 9 heteroatoms. The number of furan rings is 1. The highest BCUT2D eigenvalue weighted by atomic mass is 16.3. The Bertz CT molecular complexity index is 887. The quantitative estimate of drug-likeness (QED) is 0.725. The van der Waals surface area contributed by atoms with Gasteiger partial charge in [0.15, 0.2) is 11.4 Å². The van der Waals surface area contributed by atoms with Crippen molar-refractivity contribution in [2.45, 2.75) is 13.5 Å². The van der Waals surface area contributed by atoms with Crippen LogP contribution in [0.2, 0.25) is 0 Å². The minimum atomic E-state index is -0.412. The van der Waals surface area contributed by atoms with Gasteiger partial charge in [-0.3, -0.25) is 19.0 Å². The van der Waals surface area contributed by atoms with Crippen LogP contribution in [-0.4, -0.2) is 31.4 Å². The van der Waals surface area contributed by atoms with Crippen molar-refractivity contribution >= 4 is 17.5 Å². The molecule has 0 aliphatic carbocycles. The monoisotopic (exact) mass is 342 g/mol. The van der Waals surface area contributed by atoms with Crippen molar-refractivity contribution in [1.29, 1.82) is 0 Å². The molecule has 0 saturated heterocycles. The summed E-state index contributed by atoms with van der Waals surface area (Å²) in [7, 11) is 3.42. The normalized spacial score (nSPS) is 10.7. The molecule has 3 rings (SSSR count). The van der Waals surface area contributed by atoms with Crippen LogP contribution in [0.25, 0.3) is 0 Å². The van der Waals surface area contributed by atoms with Crippen LogP contribution in [-0.2, 0) is 20.6 Å². The third kappa shape index (κ3) is 3.60. The molecule has 0 saturated carbocycles. The summed E-state index contributed by atoms with van der Waals surface area (Å²) < 4.78 is 8.24. The summed E-state index contributed by atoms with van der Waals surface area (Å²) in [6.07, 6.45) is 3.10. The van der Waals surface area contributed by atoms with Crippen LogP contribution in [0.5, 0.6) is 0 Å². The first-order valence-electron chi connectivity index (χ1n) is 7.60. The average molecular weight is 342 g/mol. The Kier molecular flexibility index (Phi) is 4.38. The lowest BCUT2D eigenvalue weighted by Gasteiger charge is -2.04. The minimum Gasteiger partial charge on any atom is -0.467 e. The van der Waals surface area contributed by atoms with E-state index >= 15 is 0 Å². The molecule has 0 atom stereocenters. The fraction of sp³-hybridized carbons (Fsp3) is 0.250. The molecular formula is C16H18N6O3. The maximum atomic E-state index is 12.4. The highest BCUT2D eigenvalue weighted by Crippen LogP contribution is 2.15. The van der Waals surface area contributed by atoms with Gasteiger partial charge in [-0.25, -0.2) is 0 Å². The van der Waals surface area contributed by atoms with Crippen LogP contribution in [0.3, 0.4) is 0 Å². The van der Waals surface area contributed by atoms with Crippen molar-refractivity contribution < 1.29 is 14.0 Å². The molecule has 25 heavy (non-hydrogen) atoms. The molecule has 3 aromatic heterocycles. The summed E-state index contributed by atoms with van der Waals surface area (Å²) >= 11 is 0. The largest absolute Gasteiger partial charge is 0.467 e. The number of amides is 2. The molecule has 3 aromatic rings. The Morgan fingerprint density at radius 2 is 2.04 bits per heavy atom. The van der Waals surface area contributed by atoms with Gasteiger partial charge in [0.2, 0.25) is 0 Å². The van der Waals surface area contributed by atoms with Gasteiger partial charge < -0.3 is 15.1 Å². The molecule has 9 nitrogen and oxygen atoms in total. The molecule has 3 heterocycles. The molecule has 130 valence electrons. The average Bonchev–Trinajstić information content (AvgIpc) is 3.27. The zero-order valence-electron chi connectivity index (χ0n) is 14.1. The zero-order valence-corrected chi connectivity index (χ0v) is 14.1. The van der Waals surface area contributed by atoms with Crippen LogP contribution in [0.4, 0.5) is 5.69 Å². The second-order valence-corrected chi connectivity index (χ2v) is 5.58. The highest BCUT2D eigenvalue weighted by molar-refractivity contribution is 6.07. The van der Waals surface area contributed by atoms with Crippen LogP contribution >= 0.6 is 0 Å². The first kappa shape index (κ1) is 16.5. The van der Waals surface area contributed by atoms with E-state index in [1.54, 1.807) is 43.2 Å². The molecule has 0 radical (unpaired) electrons. The second-order valence-electron chi connectivity index (χ2n) is 5.58. The number of aryl methyl sites for hydroxylation is 3. The van der Waals surface area contributed by atoms with Gasteiger partial charge in [0.25, 0.3) is 11.8 Å². The van der Waals surface area contributed by atoms with E-state index < -0.39 is 11.8 Å². The number of anilines is 1. The predicted molar refractivity (Wildman–Crippen MR) is 89.0 cm³/mol. The van der Waals surface area contributed by atoms with Crippen molar-refractivity contribution in [3.8, 4) is 0 Å². The number of nitrogens with zero attached hydrogens (tertiary/aromatic N) is 4. The van der Waals surface area contributed by atoms with E-state index in [-0.39, 0.29) is 17.9 Å². The molecule has 0 bridgehead atoms. The Hall–Kier alpha value is -3.36. The van der Waals surface area contributed by atoms with E-state index in [9.17, 15) is 9.59 Å². The lowest BCUT2D eigenvalue weighted by Crippen LogP contribution is -2.25. The number of carbonyl (C=O) groups excluding carboxylic acids is 2. The standard InChI is InChI=1S/C16H18N6O3/c1-10-7-12(19-22(10)3)15(23)18-13-9-21(2)20-14(13)16(24)17-8-11-5-4-6-25-11/h4-7,9H,8H2,1-3H3,(H,17,24)(H,18,23). The smallest absolute Gasteiger partial charge is 0.276 e. The van der Waals surface area contributed by atoms with Gasteiger partial charge in [-0.15, -0.1) is 0 Å². The minimum absolute atomic E-state index is 0.120. The fourth-order valence-electron chi connectivity index (χ4n) is 2.27. The van der Waals surface area contributed by atoms with Gasteiger partial charge in [-0.1, -0.05) is 0 Å². The lowest BCUT2D eigenvalue weighted by molar-refractivity contribution is 0.0943. The number of hydrogen-bond acceptors (Lipinski definition) is 5. The van der Waals surface area contributed by atoms with Crippen LogP contribution < -0.4 is 10.6 Å². The second kappa shape index (κ2) is 6.63. The molecule has 0 aliphatic rings. The molecule has 0 aliphatic heterocycles. The van der Waals surface area contributed by atoms with Crippen molar-refractivity contribution in [2.24, 2.45) is 14.1 Å². The van der Waals surface area contributed by atoms with Crippen molar-refractivity contribution in [3.63, 3.8) is 0 Å². The van der Waals surface area contributed by atoms with Gasteiger partial charge in [-0.05, 0) is 25.1 Å². The SMILES string of the molecule is Cc1cc(C(=O)Nc2cn(C)nc2C(=O)NCc2ccco2)nn1C. The maximum absolute atomic E-state index is 12.4. The van der Waals surface area contributed by atoms with E-state index in [1.807, 2.05) is 6.92 Å². The van der Waals surface area contributed by atoms with Gasteiger partial charge in [0, 0.05) is 26.0 Å². The summed E-state index contributed by atoms with van der Waals surface area (Å²) in [4.78, 5) is 24.7. The first-order chi connectivity index (χ1) is 11.9.